The van der Waals surface area contributed by atoms with E-state index in [4.69, 9.17) is 4.74 Å². The number of benzene rings is 2. The molecule has 60 heavy (non-hydrogen) atoms. The molecule has 0 aliphatic carbocycles. The van der Waals surface area contributed by atoms with Gasteiger partial charge in [0.25, 0.3) is 11.8 Å². The third kappa shape index (κ3) is 7.64. The SMILES string of the molecule is CC(C)N1CCOc2c(F)cc(-c3nc(Nc4ccc(C5CCN(CC6CCN(c7ccc8c(c7)C(=O)N(C7CCC(=O)NC7=O)C8=O)CC6)CC5)cn4)ncc3F)cc21. The van der Waals surface area contributed by atoms with Crippen molar-refractivity contribution in [2.45, 2.75) is 70.4 Å². The van der Waals surface area contributed by atoms with Crippen molar-refractivity contribution in [3.63, 3.8) is 0 Å². The van der Waals surface area contributed by atoms with Crippen LogP contribution in [0.3, 0.4) is 0 Å². The summed E-state index contributed by atoms with van der Waals surface area (Å²) < 4.78 is 35.8. The summed E-state index contributed by atoms with van der Waals surface area (Å²) in [5.41, 5.74) is 3.49. The first-order valence-electron chi connectivity index (χ1n) is 20.8. The molecule has 0 bridgehead atoms. The van der Waals surface area contributed by atoms with Crippen molar-refractivity contribution in [1.82, 2.24) is 30.1 Å². The number of nitrogens with zero attached hydrogens (tertiary/aromatic N) is 7. The molecule has 0 spiro atoms. The highest BCUT2D eigenvalue weighted by molar-refractivity contribution is 6.23. The van der Waals surface area contributed by atoms with Crippen molar-refractivity contribution >= 4 is 46.8 Å². The zero-order valence-corrected chi connectivity index (χ0v) is 33.6. The van der Waals surface area contributed by atoms with Crippen molar-refractivity contribution < 1.29 is 32.7 Å². The molecule has 4 amide bonds. The molecule has 312 valence electrons. The first-order valence-corrected chi connectivity index (χ1v) is 20.8. The molecular weight excluding hydrogens is 773 g/mol. The topological polar surface area (TPSA) is 153 Å². The van der Waals surface area contributed by atoms with Crippen LogP contribution in [0.2, 0.25) is 0 Å². The highest BCUT2D eigenvalue weighted by Gasteiger charge is 2.45. The van der Waals surface area contributed by atoms with Crippen LogP contribution in [0.4, 0.5) is 31.9 Å². The van der Waals surface area contributed by atoms with Gasteiger partial charge in [0.15, 0.2) is 17.4 Å². The fraction of sp³-hybridized carbons (Fsp3) is 0.432. The minimum absolute atomic E-state index is 0.0190. The number of pyridine rings is 1. The molecule has 16 heteroatoms. The number of piperidine rings is 3. The van der Waals surface area contributed by atoms with Crippen LogP contribution in [0.25, 0.3) is 11.3 Å². The van der Waals surface area contributed by atoms with E-state index in [1.165, 1.54) is 6.07 Å². The largest absolute Gasteiger partial charge is 0.486 e. The van der Waals surface area contributed by atoms with Gasteiger partial charge in [-0.2, -0.15) is 0 Å². The van der Waals surface area contributed by atoms with E-state index in [2.05, 4.69) is 41.5 Å². The first kappa shape index (κ1) is 39.4. The number of halogens is 2. The molecule has 3 fully saturated rings. The number of rotatable bonds is 9. The Kier molecular flexibility index (Phi) is 10.6. The van der Waals surface area contributed by atoms with Gasteiger partial charge in [-0.25, -0.2) is 23.7 Å². The van der Waals surface area contributed by atoms with Crippen molar-refractivity contribution in [2.75, 3.05) is 61.0 Å². The lowest BCUT2D eigenvalue weighted by molar-refractivity contribution is -0.136. The Balaban J connectivity index is 0.759. The number of carbonyl (C=O) groups is 4. The van der Waals surface area contributed by atoms with Crippen LogP contribution in [0.15, 0.2) is 54.9 Å². The van der Waals surface area contributed by atoms with Gasteiger partial charge >= 0.3 is 0 Å². The van der Waals surface area contributed by atoms with E-state index >= 15 is 8.78 Å². The van der Waals surface area contributed by atoms with Crippen LogP contribution in [0.5, 0.6) is 5.75 Å². The second-order valence-corrected chi connectivity index (χ2v) is 16.6. The van der Waals surface area contributed by atoms with E-state index in [9.17, 15) is 19.2 Å². The van der Waals surface area contributed by atoms with Crippen molar-refractivity contribution in [3.8, 4) is 17.0 Å². The predicted octanol–water partition coefficient (Wildman–Crippen LogP) is 5.66. The molecule has 5 aliphatic heterocycles. The number of likely N-dealkylation sites (tertiary alicyclic amines) is 1. The van der Waals surface area contributed by atoms with Gasteiger partial charge in [0.05, 0.1) is 29.6 Å². The van der Waals surface area contributed by atoms with Gasteiger partial charge in [0.1, 0.15) is 24.2 Å². The van der Waals surface area contributed by atoms with Gasteiger partial charge in [-0.05, 0) is 113 Å². The smallest absolute Gasteiger partial charge is 0.262 e. The van der Waals surface area contributed by atoms with E-state index in [1.54, 1.807) is 18.2 Å². The molecule has 2 aromatic heterocycles. The molecule has 14 nitrogen and oxygen atoms in total. The van der Waals surface area contributed by atoms with Crippen LogP contribution in [0, 0.1) is 17.6 Å². The molecule has 1 unspecified atom stereocenters. The quantitative estimate of drug-likeness (QED) is 0.200. The molecule has 1 atom stereocenters. The van der Waals surface area contributed by atoms with Crippen LogP contribution in [-0.4, -0.2) is 106 Å². The maximum atomic E-state index is 15.2. The second kappa shape index (κ2) is 16.2. The third-order valence-electron chi connectivity index (χ3n) is 12.6. The van der Waals surface area contributed by atoms with E-state index in [0.29, 0.717) is 53.2 Å². The predicted molar refractivity (Wildman–Crippen MR) is 219 cm³/mol. The average Bonchev–Trinajstić information content (AvgIpc) is 3.49. The molecule has 2 N–H and O–H groups in total. The summed E-state index contributed by atoms with van der Waals surface area (Å²) in [6.45, 7) is 9.70. The van der Waals surface area contributed by atoms with Crippen LogP contribution >= 0.6 is 0 Å². The lowest BCUT2D eigenvalue weighted by atomic mass is 9.89. The van der Waals surface area contributed by atoms with E-state index in [0.717, 1.165) is 80.8 Å². The van der Waals surface area contributed by atoms with Crippen molar-refractivity contribution in [2.24, 2.45) is 5.92 Å². The molecule has 5 aliphatic rings. The van der Waals surface area contributed by atoms with E-state index in [1.807, 2.05) is 37.1 Å². The molecule has 0 saturated carbocycles. The average molecular weight is 820 g/mol. The Bertz CT molecular complexity index is 2340. The molecule has 9 rings (SSSR count). The number of imide groups is 2. The summed E-state index contributed by atoms with van der Waals surface area (Å²) in [5.74, 6) is -1.45. The summed E-state index contributed by atoms with van der Waals surface area (Å²) in [7, 11) is 0. The number of carbonyl (C=O) groups excluding carboxylic acids is 4. The summed E-state index contributed by atoms with van der Waals surface area (Å²) in [4.78, 5) is 71.5. The minimum Gasteiger partial charge on any atom is -0.486 e. The highest BCUT2D eigenvalue weighted by atomic mass is 19.1. The zero-order valence-electron chi connectivity index (χ0n) is 33.6. The monoisotopic (exact) mass is 819 g/mol. The fourth-order valence-corrected chi connectivity index (χ4v) is 9.28. The minimum atomic E-state index is -0.978. The molecule has 0 radical (unpaired) electrons. The van der Waals surface area contributed by atoms with Gasteiger partial charge in [0, 0.05) is 49.5 Å². The molecule has 2 aromatic carbocycles. The normalized spacial score (nSPS) is 20.4. The summed E-state index contributed by atoms with van der Waals surface area (Å²) in [5, 5.41) is 5.32. The van der Waals surface area contributed by atoms with Crippen LogP contribution in [0.1, 0.15) is 84.6 Å². The molecule has 3 saturated heterocycles. The van der Waals surface area contributed by atoms with Gasteiger partial charge in [-0.3, -0.25) is 29.4 Å². The lowest BCUT2D eigenvalue weighted by Crippen LogP contribution is -2.54. The summed E-state index contributed by atoms with van der Waals surface area (Å²) >= 11 is 0. The Morgan fingerprint density at radius 1 is 0.850 bits per heavy atom. The second-order valence-electron chi connectivity index (χ2n) is 16.6. The number of anilines is 4. The maximum absolute atomic E-state index is 15.2. The molecule has 4 aromatic rings. The number of hydrogen-bond donors (Lipinski definition) is 2. The number of hydrogen-bond acceptors (Lipinski definition) is 12. The Morgan fingerprint density at radius 3 is 2.37 bits per heavy atom. The number of fused-ring (bicyclic) bond motifs is 2. The van der Waals surface area contributed by atoms with Crippen LogP contribution < -0.4 is 25.2 Å². The summed E-state index contributed by atoms with van der Waals surface area (Å²) in [6.07, 6.45) is 7.23. The number of aromatic nitrogens is 3. The van der Waals surface area contributed by atoms with Crippen LogP contribution in [-0.2, 0) is 9.59 Å². The Labute approximate surface area is 346 Å². The lowest BCUT2D eigenvalue weighted by Gasteiger charge is -2.38. The maximum Gasteiger partial charge on any atom is 0.262 e. The van der Waals surface area contributed by atoms with Gasteiger partial charge < -0.3 is 24.8 Å². The van der Waals surface area contributed by atoms with Crippen molar-refractivity contribution in [1.29, 1.82) is 0 Å². The number of nitrogens with one attached hydrogen (secondary N) is 2. The van der Waals surface area contributed by atoms with Gasteiger partial charge in [-0.1, -0.05) is 6.07 Å². The molecule has 7 heterocycles. The Morgan fingerprint density at radius 2 is 1.63 bits per heavy atom. The highest BCUT2D eigenvalue weighted by Crippen LogP contribution is 2.40. The number of amides is 4. The molecular formula is C44H47F2N9O5. The van der Waals surface area contributed by atoms with E-state index < -0.39 is 41.3 Å². The fourth-order valence-electron chi connectivity index (χ4n) is 9.28. The summed E-state index contributed by atoms with van der Waals surface area (Å²) in [6, 6.07) is 11.3. The van der Waals surface area contributed by atoms with Gasteiger partial charge in [0.2, 0.25) is 17.8 Å². The third-order valence-corrected chi connectivity index (χ3v) is 12.6. The first-order chi connectivity index (χ1) is 29.0. The van der Waals surface area contributed by atoms with Crippen molar-refractivity contribution in [3.05, 3.63) is 83.2 Å². The number of ether oxygens (including phenoxy) is 1. The van der Waals surface area contributed by atoms with E-state index in [-0.39, 0.29) is 36.3 Å². The zero-order chi connectivity index (χ0) is 41.7. The van der Waals surface area contributed by atoms with Gasteiger partial charge in [-0.15, -0.1) is 0 Å². The standard InChI is InChI=1S/C44H47F2N9O5/c1-25(2)54-17-18-60-40-33(45)19-29(20-36(40)54)39-34(46)23-48-44(51-39)49-37-7-3-28(22-47-37)27-11-13-52(14-12-27)24-26-9-15-53(16-10-26)30-4-5-31-32(21-30)43(59)55(42(31)58)35-6-8-38(56)50-41(35)57/h3-5,7,19-23,25-27,35H,6,8-18,24H2,1-2H3,(H,50,56,57)(H,47,48,49,51). The Hall–Kier alpha value is -6.03.